The van der Waals surface area contributed by atoms with Crippen molar-refractivity contribution >= 4 is 22.5 Å². The van der Waals surface area contributed by atoms with Gasteiger partial charge in [-0.05, 0) is 42.3 Å². The molecular weight excluding hydrogens is 316 g/mol. The molecule has 25 heavy (non-hydrogen) atoms. The van der Waals surface area contributed by atoms with Crippen LogP contribution in [0.1, 0.15) is 23.6 Å². The summed E-state index contributed by atoms with van der Waals surface area (Å²) in [6, 6.07) is 13.5. The summed E-state index contributed by atoms with van der Waals surface area (Å²) < 4.78 is 16.2. The molecule has 0 aliphatic heterocycles. The monoisotopic (exact) mass is 336 g/mol. The summed E-state index contributed by atoms with van der Waals surface area (Å²) in [6.07, 6.45) is 1.86. The first-order chi connectivity index (χ1) is 12.1. The van der Waals surface area contributed by atoms with Crippen LogP contribution in [0.5, 0.6) is 5.75 Å². The van der Waals surface area contributed by atoms with Crippen LogP contribution in [0.15, 0.2) is 59.7 Å². The van der Waals surface area contributed by atoms with Gasteiger partial charge in [0, 0.05) is 16.5 Å². The first-order valence-corrected chi connectivity index (χ1v) is 8.02. The average molecular weight is 336 g/mol. The Balaban J connectivity index is 1.84. The molecule has 0 aliphatic rings. The maximum absolute atomic E-state index is 11.5. The van der Waals surface area contributed by atoms with Crippen LogP contribution in [0, 0.1) is 0 Å². The minimum absolute atomic E-state index is 0.185. The van der Waals surface area contributed by atoms with Gasteiger partial charge in [0.25, 0.3) is 0 Å². The van der Waals surface area contributed by atoms with Crippen molar-refractivity contribution in [2.24, 2.45) is 0 Å². The second-order valence-corrected chi connectivity index (χ2v) is 5.91. The van der Waals surface area contributed by atoms with Gasteiger partial charge in [0.05, 0.1) is 19.8 Å². The van der Waals surface area contributed by atoms with Crippen LogP contribution < -0.4 is 4.74 Å². The lowest BCUT2D eigenvalue weighted by molar-refractivity contribution is -0.139. The fourth-order valence-electron chi connectivity index (χ4n) is 2.72. The number of furan rings is 1. The molecule has 0 bridgehead atoms. The predicted molar refractivity (Wildman–Crippen MR) is 97.4 cm³/mol. The number of ether oxygens (including phenoxy) is 2. The fraction of sp³-hybridized carbons (Fsp3) is 0.190. The van der Waals surface area contributed by atoms with E-state index in [4.69, 9.17) is 13.9 Å². The Hall–Kier alpha value is -3.01. The van der Waals surface area contributed by atoms with E-state index >= 15 is 0 Å². The third kappa shape index (κ3) is 3.74. The van der Waals surface area contributed by atoms with Gasteiger partial charge in [-0.25, -0.2) is 0 Å². The minimum Gasteiger partial charge on any atom is -0.489 e. The Morgan fingerprint density at radius 3 is 2.76 bits per heavy atom. The van der Waals surface area contributed by atoms with E-state index in [1.807, 2.05) is 49.4 Å². The quantitative estimate of drug-likeness (QED) is 0.609. The van der Waals surface area contributed by atoms with Crippen LogP contribution >= 0.6 is 0 Å². The van der Waals surface area contributed by atoms with Gasteiger partial charge in [-0.3, -0.25) is 4.79 Å². The van der Waals surface area contributed by atoms with Crippen molar-refractivity contribution in [1.82, 2.24) is 0 Å². The van der Waals surface area contributed by atoms with Crippen LogP contribution in [0.2, 0.25) is 0 Å². The molecule has 1 aromatic heterocycles. The van der Waals surface area contributed by atoms with Crippen LogP contribution in [-0.4, -0.2) is 13.1 Å². The molecule has 0 saturated heterocycles. The van der Waals surface area contributed by atoms with Crippen LogP contribution in [0.4, 0.5) is 0 Å². The van der Waals surface area contributed by atoms with Gasteiger partial charge in [-0.1, -0.05) is 24.8 Å². The molecular formula is C21H20O4. The largest absolute Gasteiger partial charge is 0.489 e. The summed E-state index contributed by atoms with van der Waals surface area (Å²) in [5, 5.41) is 1.02. The molecule has 4 heteroatoms. The molecule has 3 aromatic rings. The van der Waals surface area contributed by atoms with Gasteiger partial charge in [0.2, 0.25) is 0 Å². The lowest BCUT2D eigenvalue weighted by Gasteiger charge is -2.12. The topological polar surface area (TPSA) is 48.7 Å². The van der Waals surface area contributed by atoms with E-state index in [1.54, 1.807) is 6.26 Å². The highest BCUT2D eigenvalue weighted by Crippen LogP contribution is 2.28. The second-order valence-electron chi connectivity index (χ2n) is 5.91. The van der Waals surface area contributed by atoms with Crippen molar-refractivity contribution in [3.05, 3.63) is 72.0 Å². The Bertz CT molecular complexity index is 921. The van der Waals surface area contributed by atoms with E-state index in [1.165, 1.54) is 7.11 Å². The Morgan fingerprint density at radius 1 is 1.20 bits per heavy atom. The third-order valence-electron chi connectivity index (χ3n) is 4.00. The molecule has 1 heterocycles. The van der Waals surface area contributed by atoms with Crippen molar-refractivity contribution in [3.63, 3.8) is 0 Å². The van der Waals surface area contributed by atoms with Crippen molar-refractivity contribution in [2.75, 3.05) is 7.11 Å². The van der Waals surface area contributed by atoms with Crippen molar-refractivity contribution in [1.29, 1.82) is 0 Å². The number of benzene rings is 2. The number of rotatable bonds is 6. The Kier molecular flexibility index (Phi) is 4.89. The number of methoxy groups -OCH3 is 1. The van der Waals surface area contributed by atoms with Gasteiger partial charge < -0.3 is 13.9 Å². The smallest absolute Gasteiger partial charge is 0.310 e. The van der Waals surface area contributed by atoms with Gasteiger partial charge >= 0.3 is 5.97 Å². The number of fused-ring (bicyclic) bond motifs is 1. The molecule has 2 aromatic carbocycles. The highest BCUT2D eigenvalue weighted by Gasteiger charge is 2.11. The zero-order chi connectivity index (χ0) is 17.8. The molecule has 0 saturated carbocycles. The Labute approximate surface area is 146 Å². The molecule has 0 aliphatic carbocycles. The Morgan fingerprint density at radius 2 is 2.00 bits per heavy atom. The molecule has 0 unspecified atom stereocenters. The molecule has 0 amide bonds. The molecule has 3 rings (SSSR count). The summed E-state index contributed by atoms with van der Waals surface area (Å²) >= 11 is 0. The fourth-order valence-corrected chi connectivity index (χ4v) is 2.72. The maximum Gasteiger partial charge on any atom is 0.310 e. The van der Waals surface area contributed by atoms with E-state index in [-0.39, 0.29) is 12.4 Å². The number of hydrogen-bond acceptors (Lipinski definition) is 4. The normalized spacial score (nSPS) is 10.6. The van der Waals surface area contributed by atoms with Gasteiger partial charge in [-0.15, -0.1) is 0 Å². The molecule has 4 nitrogen and oxygen atoms in total. The predicted octanol–water partition coefficient (Wildman–Crippen LogP) is 4.76. The van der Waals surface area contributed by atoms with Crippen LogP contribution in [0.25, 0.3) is 16.5 Å². The summed E-state index contributed by atoms with van der Waals surface area (Å²) in [5.74, 6) is 0.387. The van der Waals surface area contributed by atoms with Gasteiger partial charge in [0.1, 0.15) is 17.9 Å². The third-order valence-corrected chi connectivity index (χ3v) is 4.00. The lowest BCUT2D eigenvalue weighted by Crippen LogP contribution is -2.07. The highest BCUT2D eigenvalue weighted by molar-refractivity contribution is 5.89. The first-order valence-electron chi connectivity index (χ1n) is 8.02. The maximum atomic E-state index is 11.5. The average Bonchev–Trinajstić information content (AvgIpc) is 3.08. The molecule has 0 spiro atoms. The second kappa shape index (κ2) is 7.26. The van der Waals surface area contributed by atoms with E-state index < -0.39 is 0 Å². The van der Waals surface area contributed by atoms with Gasteiger partial charge in [0.15, 0.2) is 0 Å². The zero-order valence-electron chi connectivity index (χ0n) is 14.4. The molecule has 0 radical (unpaired) electrons. The summed E-state index contributed by atoms with van der Waals surface area (Å²) in [5.41, 5.74) is 4.57. The minimum atomic E-state index is -0.291. The van der Waals surface area contributed by atoms with Crippen LogP contribution in [0.3, 0.4) is 0 Å². The molecule has 0 atom stereocenters. The van der Waals surface area contributed by atoms with E-state index in [0.29, 0.717) is 12.4 Å². The van der Waals surface area contributed by atoms with Crippen LogP contribution in [-0.2, 0) is 22.6 Å². The number of hydrogen-bond donors (Lipinski definition) is 0. The number of allylic oxidation sites excluding steroid dienone is 1. The first kappa shape index (κ1) is 16.8. The summed E-state index contributed by atoms with van der Waals surface area (Å²) in [4.78, 5) is 11.5. The number of para-hydroxylation sites is 1. The van der Waals surface area contributed by atoms with Crippen molar-refractivity contribution in [3.8, 4) is 5.75 Å². The summed E-state index contributed by atoms with van der Waals surface area (Å²) in [6.45, 7) is 6.36. The SMILES string of the molecule is C=C(C)c1cc(COc2ccccc2CC(=O)OC)cc2ccoc12. The molecule has 128 valence electrons. The molecule has 0 fully saturated rings. The number of carbonyl (C=O) groups excluding carboxylic acids is 1. The summed E-state index contributed by atoms with van der Waals surface area (Å²) in [7, 11) is 1.38. The van der Waals surface area contributed by atoms with E-state index in [2.05, 4.69) is 6.58 Å². The van der Waals surface area contributed by atoms with Gasteiger partial charge in [-0.2, -0.15) is 0 Å². The lowest BCUT2D eigenvalue weighted by atomic mass is 10.0. The number of esters is 1. The zero-order valence-corrected chi connectivity index (χ0v) is 14.4. The molecule has 0 N–H and O–H groups in total. The highest BCUT2D eigenvalue weighted by atomic mass is 16.5. The van der Waals surface area contributed by atoms with E-state index in [0.717, 1.165) is 33.2 Å². The number of carbonyl (C=O) groups is 1. The van der Waals surface area contributed by atoms with Crippen molar-refractivity contribution in [2.45, 2.75) is 20.0 Å². The van der Waals surface area contributed by atoms with E-state index in [9.17, 15) is 4.79 Å². The van der Waals surface area contributed by atoms with Crippen molar-refractivity contribution < 1.29 is 18.7 Å². The standard InChI is InChI=1S/C21H20O4/c1-14(2)18-11-15(10-17-8-9-24-21(17)18)13-25-19-7-5-4-6-16(19)12-20(22)23-3/h4-11H,1,12-13H2,2-3H3.